The zero-order valence-electron chi connectivity index (χ0n) is 10.9. The summed E-state index contributed by atoms with van der Waals surface area (Å²) in [7, 11) is 0. The predicted molar refractivity (Wildman–Crippen MR) is 85.2 cm³/mol. The number of anilines is 1. The molecule has 0 atom stereocenters. The van der Waals surface area contributed by atoms with Crippen molar-refractivity contribution in [1.82, 2.24) is 0 Å². The fraction of sp³-hybridized carbons (Fsp3) is 0.500. The Morgan fingerprint density at radius 3 is 2.84 bits per heavy atom. The topological polar surface area (TPSA) is 33.6 Å². The molecule has 0 aliphatic carbocycles. The molecule has 1 aromatic carbocycles. The van der Waals surface area contributed by atoms with Gasteiger partial charge in [-0.15, -0.1) is 0 Å². The summed E-state index contributed by atoms with van der Waals surface area (Å²) in [4.78, 5) is 4.91. The number of ether oxygens (including phenoxy) is 1. The van der Waals surface area contributed by atoms with Crippen molar-refractivity contribution in [1.29, 1.82) is 0 Å². The van der Waals surface area contributed by atoms with Gasteiger partial charge in [-0.25, -0.2) is 0 Å². The lowest BCUT2D eigenvalue weighted by Gasteiger charge is -2.29. The van der Waals surface area contributed by atoms with Crippen LogP contribution in [0.5, 0.6) is 0 Å². The van der Waals surface area contributed by atoms with Crippen LogP contribution >= 0.6 is 27.7 Å². The Hall–Kier alpha value is -0.520. The Bertz CT molecular complexity index is 492. The minimum atomic E-state index is 0.117. The van der Waals surface area contributed by atoms with E-state index in [0.717, 1.165) is 47.1 Å². The third-order valence-electron chi connectivity index (χ3n) is 3.53. The van der Waals surface area contributed by atoms with Crippen molar-refractivity contribution in [2.24, 2.45) is 4.99 Å². The van der Waals surface area contributed by atoms with Gasteiger partial charge in [-0.1, -0.05) is 27.7 Å². The number of rotatable bonds is 1. The van der Waals surface area contributed by atoms with Gasteiger partial charge in [0, 0.05) is 29.1 Å². The number of hydrogen-bond acceptors (Lipinski definition) is 4. The number of thioether (sulfide) groups is 1. The van der Waals surface area contributed by atoms with Gasteiger partial charge in [-0.05, 0) is 43.5 Å². The summed E-state index contributed by atoms with van der Waals surface area (Å²) in [5.74, 6) is 1.08. The molecule has 5 heteroatoms. The highest BCUT2D eigenvalue weighted by atomic mass is 79.9. The molecule has 1 spiro atoms. The van der Waals surface area contributed by atoms with Crippen molar-refractivity contribution in [3.63, 3.8) is 0 Å². The summed E-state index contributed by atoms with van der Waals surface area (Å²) in [6, 6.07) is 6.34. The van der Waals surface area contributed by atoms with E-state index in [1.165, 1.54) is 5.56 Å². The van der Waals surface area contributed by atoms with Crippen molar-refractivity contribution in [3.8, 4) is 0 Å². The lowest BCUT2D eigenvalue weighted by atomic mass is 9.93. The van der Waals surface area contributed by atoms with E-state index in [-0.39, 0.29) is 5.54 Å². The minimum absolute atomic E-state index is 0.117. The summed E-state index contributed by atoms with van der Waals surface area (Å²) >= 11 is 5.35. The number of hydrogen-bond donors (Lipinski definition) is 1. The first-order chi connectivity index (χ1) is 9.15. The van der Waals surface area contributed by atoms with E-state index in [9.17, 15) is 0 Å². The number of halogens is 1. The summed E-state index contributed by atoms with van der Waals surface area (Å²) in [6.07, 6.45) is 2.09. The molecule has 3 nitrogen and oxygen atoms in total. The van der Waals surface area contributed by atoms with Crippen LogP contribution < -0.4 is 5.32 Å². The van der Waals surface area contributed by atoms with Crippen molar-refractivity contribution in [2.75, 3.05) is 24.3 Å². The zero-order valence-corrected chi connectivity index (χ0v) is 13.3. The normalized spacial score (nSPS) is 21.5. The van der Waals surface area contributed by atoms with Gasteiger partial charge in [0.05, 0.1) is 5.54 Å². The SMILES string of the molecule is Cc1cc(Br)cc(NC2=NC3(CCOCC3)CS2)c1. The Balaban J connectivity index is 1.75. The average Bonchev–Trinajstić information content (AvgIpc) is 2.71. The first kappa shape index (κ1) is 13.5. The van der Waals surface area contributed by atoms with Crippen LogP contribution in [0.15, 0.2) is 27.7 Å². The predicted octanol–water partition coefficient (Wildman–Crippen LogP) is 3.82. The van der Waals surface area contributed by atoms with Gasteiger partial charge in [0.15, 0.2) is 5.17 Å². The molecular weight excluding hydrogens is 324 g/mol. The Kier molecular flexibility index (Phi) is 3.87. The lowest BCUT2D eigenvalue weighted by molar-refractivity contribution is 0.0624. The van der Waals surface area contributed by atoms with Crippen molar-refractivity contribution >= 4 is 38.5 Å². The highest BCUT2D eigenvalue weighted by molar-refractivity contribution is 9.10. The zero-order chi connectivity index (χ0) is 13.3. The maximum atomic E-state index is 5.44. The van der Waals surface area contributed by atoms with Crippen molar-refractivity contribution < 1.29 is 4.74 Å². The van der Waals surface area contributed by atoms with Gasteiger partial charge in [-0.3, -0.25) is 4.99 Å². The first-order valence-electron chi connectivity index (χ1n) is 6.50. The summed E-state index contributed by atoms with van der Waals surface area (Å²) < 4.78 is 6.53. The van der Waals surface area contributed by atoms with Gasteiger partial charge in [0.25, 0.3) is 0 Å². The number of benzene rings is 1. The van der Waals surface area contributed by atoms with Gasteiger partial charge in [0.2, 0.25) is 0 Å². The number of nitrogens with one attached hydrogen (secondary N) is 1. The van der Waals surface area contributed by atoms with Gasteiger partial charge in [-0.2, -0.15) is 0 Å². The fourth-order valence-electron chi connectivity index (χ4n) is 2.49. The largest absolute Gasteiger partial charge is 0.381 e. The summed E-state index contributed by atoms with van der Waals surface area (Å²) in [5, 5.41) is 4.48. The van der Waals surface area contributed by atoms with Crippen LogP contribution in [0.25, 0.3) is 0 Å². The molecule has 19 heavy (non-hydrogen) atoms. The Labute approximate surface area is 126 Å². The maximum absolute atomic E-state index is 5.44. The molecule has 2 aliphatic heterocycles. The number of nitrogens with zero attached hydrogens (tertiary/aromatic N) is 1. The highest BCUT2D eigenvalue weighted by Crippen LogP contribution is 2.36. The molecule has 2 aliphatic rings. The van der Waals surface area contributed by atoms with Crippen molar-refractivity contribution in [2.45, 2.75) is 25.3 Å². The monoisotopic (exact) mass is 340 g/mol. The quantitative estimate of drug-likeness (QED) is 0.843. The molecule has 0 amide bonds. The molecule has 1 N–H and O–H groups in total. The molecule has 2 heterocycles. The van der Waals surface area contributed by atoms with Crippen LogP contribution in [0, 0.1) is 6.92 Å². The van der Waals surface area contributed by atoms with E-state index in [2.05, 4.69) is 46.4 Å². The van der Waals surface area contributed by atoms with E-state index in [1.807, 2.05) is 11.8 Å². The van der Waals surface area contributed by atoms with Gasteiger partial charge < -0.3 is 10.1 Å². The van der Waals surface area contributed by atoms with Crippen LogP contribution in [0.1, 0.15) is 18.4 Å². The fourth-order valence-corrected chi connectivity index (χ4v) is 4.30. The molecule has 1 fully saturated rings. The molecule has 0 aromatic heterocycles. The molecule has 1 aromatic rings. The molecule has 0 unspecified atom stereocenters. The maximum Gasteiger partial charge on any atom is 0.161 e. The second-order valence-corrected chi connectivity index (χ2v) is 7.06. The summed E-state index contributed by atoms with van der Waals surface area (Å²) in [6.45, 7) is 3.78. The van der Waals surface area contributed by atoms with E-state index in [4.69, 9.17) is 9.73 Å². The third kappa shape index (κ3) is 3.15. The van der Waals surface area contributed by atoms with Crippen LogP contribution in [0.3, 0.4) is 0 Å². The van der Waals surface area contributed by atoms with E-state index in [1.54, 1.807) is 0 Å². The van der Waals surface area contributed by atoms with Crippen LogP contribution in [0.2, 0.25) is 0 Å². The van der Waals surface area contributed by atoms with Gasteiger partial charge in [0.1, 0.15) is 0 Å². The Morgan fingerprint density at radius 2 is 2.11 bits per heavy atom. The lowest BCUT2D eigenvalue weighted by Crippen LogP contribution is -2.34. The number of aryl methyl sites for hydroxylation is 1. The average molecular weight is 341 g/mol. The van der Waals surface area contributed by atoms with Crippen LogP contribution in [-0.4, -0.2) is 29.7 Å². The minimum Gasteiger partial charge on any atom is -0.381 e. The van der Waals surface area contributed by atoms with Gasteiger partial charge >= 0.3 is 0 Å². The molecular formula is C14H17BrN2OS. The Morgan fingerprint density at radius 1 is 1.32 bits per heavy atom. The van der Waals surface area contributed by atoms with Crippen LogP contribution in [0.4, 0.5) is 5.69 Å². The number of aliphatic imine (C=N–C) groups is 1. The highest BCUT2D eigenvalue weighted by Gasteiger charge is 2.37. The van der Waals surface area contributed by atoms with Crippen molar-refractivity contribution in [3.05, 3.63) is 28.2 Å². The summed E-state index contributed by atoms with van der Waals surface area (Å²) in [5.41, 5.74) is 2.45. The molecule has 1 saturated heterocycles. The molecule has 0 bridgehead atoms. The molecule has 102 valence electrons. The smallest absolute Gasteiger partial charge is 0.161 e. The second kappa shape index (κ2) is 5.46. The second-order valence-electron chi connectivity index (χ2n) is 5.18. The van der Waals surface area contributed by atoms with E-state index >= 15 is 0 Å². The van der Waals surface area contributed by atoms with Crippen LogP contribution in [-0.2, 0) is 4.74 Å². The van der Waals surface area contributed by atoms with E-state index < -0.39 is 0 Å². The first-order valence-corrected chi connectivity index (χ1v) is 8.28. The molecule has 0 saturated carbocycles. The standard InChI is InChI=1S/C14H17BrN2OS/c1-10-6-11(15)8-12(7-10)16-13-17-14(9-19-13)2-4-18-5-3-14/h6-8H,2-5,9H2,1H3,(H,16,17). The molecule has 3 rings (SSSR count). The van der Waals surface area contributed by atoms with E-state index in [0.29, 0.717) is 0 Å². The number of amidine groups is 1. The third-order valence-corrected chi connectivity index (χ3v) is 5.14. The molecule has 0 radical (unpaired) electrons.